The third-order valence-corrected chi connectivity index (χ3v) is 7.68. The largest absolute Gasteiger partial charge is 0.315 e. The number of nitrogens with zero attached hydrogens (tertiary/aromatic N) is 1. The van der Waals surface area contributed by atoms with E-state index in [2.05, 4.69) is 5.32 Å². The van der Waals surface area contributed by atoms with E-state index in [1.165, 1.54) is 17.8 Å². The fourth-order valence-corrected chi connectivity index (χ4v) is 6.70. The van der Waals surface area contributed by atoms with Gasteiger partial charge in [0, 0.05) is 24.0 Å². The molecule has 1 N–H and O–H groups in total. The lowest BCUT2D eigenvalue weighted by Crippen LogP contribution is -2.41. The van der Waals surface area contributed by atoms with Gasteiger partial charge in [-0.15, -0.1) is 11.3 Å². The summed E-state index contributed by atoms with van der Waals surface area (Å²) in [5, 5.41) is 5.03. The van der Waals surface area contributed by atoms with Crippen molar-refractivity contribution in [2.75, 3.05) is 13.6 Å². The molecule has 120 valence electrons. The van der Waals surface area contributed by atoms with E-state index < -0.39 is 10.0 Å². The second-order valence-electron chi connectivity index (χ2n) is 5.70. The molecular formula is C15H26N2O2S2. The monoisotopic (exact) mass is 330 g/mol. The van der Waals surface area contributed by atoms with Crippen molar-refractivity contribution in [2.24, 2.45) is 0 Å². The van der Waals surface area contributed by atoms with Crippen LogP contribution in [0.4, 0.5) is 0 Å². The van der Waals surface area contributed by atoms with Crippen LogP contribution in [0.3, 0.4) is 0 Å². The zero-order valence-electron chi connectivity index (χ0n) is 13.2. The number of hydrogen-bond donors (Lipinski definition) is 1. The van der Waals surface area contributed by atoms with Crippen LogP contribution in [0.2, 0.25) is 0 Å². The van der Waals surface area contributed by atoms with Crippen molar-refractivity contribution in [3.05, 3.63) is 15.8 Å². The Labute approximate surface area is 132 Å². The lowest BCUT2D eigenvalue weighted by molar-refractivity contribution is 0.261. The Bertz CT molecular complexity index is 560. The Morgan fingerprint density at radius 3 is 2.57 bits per heavy atom. The van der Waals surface area contributed by atoms with Crippen molar-refractivity contribution >= 4 is 21.4 Å². The predicted octanol–water partition coefficient (Wildman–Crippen LogP) is 3.12. The second-order valence-corrected chi connectivity index (χ2v) is 8.49. The van der Waals surface area contributed by atoms with Gasteiger partial charge in [-0.05, 0) is 37.8 Å². The fourth-order valence-electron chi connectivity index (χ4n) is 3.23. The summed E-state index contributed by atoms with van der Waals surface area (Å²) < 4.78 is 28.0. The van der Waals surface area contributed by atoms with Gasteiger partial charge < -0.3 is 5.32 Å². The minimum Gasteiger partial charge on any atom is -0.315 e. The molecule has 4 nitrogen and oxygen atoms in total. The molecular weight excluding hydrogens is 304 g/mol. The number of thiophene rings is 1. The Morgan fingerprint density at radius 1 is 1.33 bits per heavy atom. The molecule has 0 aromatic carbocycles. The number of nitrogens with one attached hydrogen (secondary N) is 1. The van der Waals surface area contributed by atoms with Gasteiger partial charge in [-0.2, -0.15) is 4.31 Å². The maximum absolute atomic E-state index is 13.1. The van der Waals surface area contributed by atoms with Gasteiger partial charge in [0.1, 0.15) is 4.90 Å². The molecule has 1 aromatic heterocycles. The molecule has 1 aromatic rings. The van der Waals surface area contributed by atoms with Gasteiger partial charge in [-0.1, -0.05) is 26.2 Å². The van der Waals surface area contributed by atoms with Crippen molar-refractivity contribution in [3.8, 4) is 0 Å². The molecule has 21 heavy (non-hydrogen) atoms. The van der Waals surface area contributed by atoms with Crippen molar-refractivity contribution < 1.29 is 8.42 Å². The standard InChI is InChI=1S/C15H26N2O2S2/c1-4-17(13-8-6-5-7-9-13)21(18,19)15-12(2)11-20-14(15)10-16-3/h11,13,16H,4-10H2,1-3H3. The average Bonchev–Trinajstić information content (AvgIpc) is 2.82. The normalized spacial score (nSPS) is 17.5. The van der Waals surface area contributed by atoms with Crippen LogP contribution in [-0.4, -0.2) is 32.4 Å². The molecule has 0 radical (unpaired) electrons. The number of rotatable bonds is 6. The van der Waals surface area contributed by atoms with Crippen LogP contribution >= 0.6 is 11.3 Å². The van der Waals surface area contributed by atoms with Crippen molar-refractivity contribution in [1.82, 2.24) is 9.62 Å². The molecule has 1 saturated carbocycles. The van der Waals surface area contributed by atoms with Crippen molar-refractivity contribution in [1.29, 1.82) is 0 Å². The van der Waals surface area contributed by atoms with Crippen LogP contribution < -0.4 is 5.32 Å². The first-order valence-corrected chi connectivity index (χ1v) is 10.1. The fraction of sp³-hybridized carbons (Fsp3) is 0.733. The third-order valence-electron chi connectivity index (χ3n) is 4.19. The van der Waals surface area contributed by atoms with Crippen LogP contribution in [0.5, 0.6) is 0 Å². The summed E-state index contributed by atoms with van der Waals surface area (Å²) in [4.78, 5) is 1.46. The van der Waals surface area contributed by atoms with Gasteiger partial charge in [0.25, 0.3) is 0 Å². The molecule has 0 spiro atoms. The zero-order chi connectivity index (χ0) is 15.5. The summed E-state index contributed by atoms with van der Waals surface area (Å²) >= 11 is 1.53. The summed E-state index contributed by atoms with van der Waals surface area (Å²) in [6, 6.07) is 0.176. The van der Waals surface area contributed by atoms with Crippen molar-refractivity contribution in [3.63, 3.8) is 0 Å². The number of sulfonamides is 1. The minimum atomic E-state index is -3.39. The Morgan fingerprint density at radius 2 is 2.00 bits per heavy atom. The molecule has 0 aliphatic heterocycles. The molecule has 1 fully saturated rings. The molecule has 0 bridgehead atoms. The highest BCUT2D eigenvalue weighted by Crippen LogP contribution is 2.33. The second kappa shape index (κ2) is 7.22. The topological polar surface area (TPSA) is 49.4 Å². The lowest BCUT2D eigenvalue weighted by atomic mass is 9.95. The van der Waals surface area contributed by atoms with E-state index in [4.69, 9.17) is 0 Å². The van der Waals surface area contributed by atoms with E-state index in [-0.39, 0.29) is 6.04 Å². The van der Waals surface area contributed by atoms with E-state index in [0.717, 1.165) is 36.1 Å². The van der Waals surface area contributed by atoms with E-state index in [1.54, 1.807) is 4.31 Å². The summed E-state index contributed by atoms with van der Waals surface area (Å²) in [7, 11) is -1.54. The first kappa shape index (κ1) is 16.9. The van der Waals surface area contributed by atoms with Gasteiger partial charge in [0.2, 0.25) is 10.0 Å². The highest BCUT2D eigenvalue weighted by molar-refractivity contribution is 7.89. The molecule has 6 heteroatoms. The number of aryl methyl sites for hydroxylation is 1. The Kier molecular flexibility index (Phi) is 5.82. The van der Waals surface area contributed by atoms with Crippen molar-refractivity contribution in [2.45, 2.75) is 63.4 Å². The van der Waals surface area contributed by atoms with E-state index in [9.17, 15) is 8.42 Å². The highest BCUT2D eigenvalue weighted by atomic mass is 32.2. The predicted molar refractivity (Wildman–Crippen MR) is 88.3 cm³/mol. The first-order chi connectivity index (χ1) is 10.0. The van der Waals surface area contributed by atoms with Crippen LogP contribution in [-0.2, 0) is 16.6 Å². The van der Waals surface area contributed by atoms with Gasteiger partial charge in [0.05, 0.1) is 0 Å². The molecule has 1 aliphatic carbocycles. The summed E-state index contributed by atoms with van der Waals surface area (Å²) in [5.74, 6) is 0. The maximum atomic E-state index is 13.1. The Hall–Kier alpha value is -0.430. The molecule has 2 rings (SSSR count). The summed E-state index contributed by atoms with van der Waals surface area (Å²) in [6.07, 6.45) is 5.51. The van der Waals surface area contributed by atoms with E-state index in [0.29, 0.717) is 18.0 Å². The van der Waals surface area contributed by atoms with Gasteiger partial charge >= 0.3 is 0 Å². The summed E-state index contributed by atoms with van der Waals surface area (Å²) in [5.41, 5.74) is 0.875. The minimum absolute atomic E-state index is 0.176. The molecule has 0 atom stereocenters. The molecule has 0 amide bonds. The zero-order valence-corrected chi connectivity index (χ0v) is 14.8. The number of hydrogen-bond acceptors (Lipinski definition) is 4. The molecule has 1 aliphatic rings. The molecule has 0 unspecified atom stereocenters. The van der Waals surface area contributed by atoms with E-state index in [1.807, 2.05) is 26.3 Å². The van der Waals surface area contributed by atoms with Crippen LogP contribution in [0.25, 0.3) is 0 Å². The SMILES string of the molecule is CCN(C1CCCCC1)S(=O)(=O)c1c(C)csc1CNC. The molecule has 1 heterocycles. The van der Waals surface area contributed by atoms with E-state index >= 15 is 0 Å². The maximum Gasteiger partial charge on any atom is 0.244 e. The third kappa shape index (κ3) is 3.50. The molecule has 0 saturated heterocycles. The summed E-state index contributed by atoms with van der Waals surface area (Å²) in [6.45, 7) is 5.01. The van der Waals surface area contributed by atoms with Crippen LogP contribution in [0.15, 0.2) is 10.3 Å². The van der Waals surface area contributed by atoms with Gasteiger partial charge in [0.15, 0.2) is 0 Å². The van der Waals surface area contributed by atoms with Crippen LogP contribution in [0, 0.1) is 6.92 Å². The van der Waals surface area contributed by atoms with Gasteiger partial charge in [-0.3, -0.25) is 0 Å². The van der Waals surface area contributed by atoms with Crippen LogP contribution in [0.1, 0.15) is 49.5 Å². The quantitative estimate of drug-likeness (QED) is 0.872. The van der Waals surface area contributed by atoms with Gasteiger partial charge in [-0.25, -0.2) is 8.42 Å². The first-order valence-electron chi connectivity index (χ1n) is 7.75. The highest BCUT2D eigenvalue weighted by Gasteiger charge is 2.34. The lowest BCUT2D eigenvalue weighted by Gasteiger charge is -2.33. The average molecular weight is 331 g/mol. The Balaban J connectivity index is 2.37. The smallest absolute Gasteiger partial charge is 0.244 e.